The molecule has 0 aliphatic heterocycles. The monoisotopic (exact) mass is 471 g/mol. The molecule has 3 nitrogen and oxygen atoms in total. The molecule has 4 rings (SSSR count). The highest BCUT2D eigenvalue weighted by atomic mass is 127. The van der Waals surface area contributed by atoms with Crippen LogP contribution < -0.4 is 10.3 Å². The van der Waals surface area contributed by atoms with Crippen molar-refractivity contribution in [2.24, 2.45) is 0 Å². The van der Waals surface area contributed by atoms with Crippen molar-refractivity contribution in [3.8, 4) is 22.6 Å². The molecule has 0 spiro atoms. The van der Waals surface area contributed by atoms with Crippen LogP contribution in [0.2, 0.25) is 0 Å². The lowest BCUT2D eigenvalue weighted by atomic mass is 9.99. The van der Waals surface area contributed by atoms with Gasteiger partial charge in [-0.3, -0.25) is 9.36 Å². The first-order chi connectivity index (χ1) is 13.1. The molecule has 0 atom stereocenters. The van der Waals surface area contributed by atoms with Crippen molar-refractivity contribution in [2.45, 2.75) is 0 Å². The molecule has 5 heteroatoms. The Hall–Kier alpha value is -2.67. The predicted octanol–water partition coefficient (Wildman–Crippen LogP) is 5.41. The fraction of sp³-hybridized carbons (Fsp3) is 0.0455. The van der Waals surface area contributed by atoms with E-state index in [1.54, 1.807) is 16.7 Å². The van der Waals surface area contributed by atoms with Crippen molar-refractivity contribution >= 4 is 33.5 Å². The van der Waals surface area contributed by atoms with Crippen molar-refractivity contribution in [1.82, 2.24) is 4.57 Å². The van der Waals surface area contributed by atoms with Gasteiger partial charge in [0.05, 0.1) is 12.6 Å². The van der Waals surface area contributed by atoms with Gasteiger partial charge in [-0.15, -0.1) is 0 Å². The molecule has 1 aromatic heterocycles. The van der Waals surface area contributed by atoms with Gasteiger partial charge < -0.3 is 4.74 Å². The molecular formula is C22H15FINO2. The molecular weight excluding hydrogens is 456 g/mol. The molecule has 0 aliphatic rings. The Bertz CT molecular complexity index is 1190. The van der Waals surface area contributed by atoms with Crippen molar-refractivity contribution in [2.75, 3.05) is 7.11 Å². The second kappa shape index (κ2) is 7.15. The van der Waals surface area contributed by atoms with Crippen LogP contribution in [0.3, 0.4) is 0 Å². The van der Waals surface area contributed by atoms with E-state index in [-0.39, 0.29) is 17.1 Å². The highest BCUT2D eigenvalue weighted by Crippen LogP contribution is 2.36. The molecule has 0 aliphatic carbocycles. The summed E-state index contributed by atoms with van der Waals surface area (Å²) in [6, 6.07) is 21.5. The summed E-state index contributed by atoms with van der Waals surface area (Å²) in [7, 11) is 1.50. The molecule has 0 radical (unpaired) electrons. The van der Waals surface area contributed by atoms with E-state index in [0.29, 0.717) is 5.69 Å². The van der Waals surface area contributed by atoms with Crippen LogP contribution in [-0.2, 0) is 0 Å². The van der Waals surface area contributed by atoms with E-state index in [1.165, 1.54) is 19.2 Å². The third-order valence-corrected chi connectivity index (χ3v) is 5.12. The zero-order chi connectivity index (χ0) is 19.0. The smallest absolute Gasteiger partial charge is 0.298 e. The molecule has 0 amide bonds. The standard InChI is InChI=1S/C22H15FINO2/c1-27-21-20(14-5-3-2-4-6-14)18-13-16(24)9-12-19(18)25(22(21)26)17-10-7-15(23)8-11-17/h2-13H,1H3. The zero-order valence-electron chi connectivity index (χ0n) is 14.4. The lowest BCUT2D eigenvalue weighted by Crippen LogP contribution is -2.21. The van der Waals surface area contributed by atoms with Crippen LogP contribution >= 0.6 is 22.6 Å². The van der Waals surface area contributed by atoms with Gasteiger partial charge >= 0.3 is 0 Å². The van der Waals surface area contributed by atoms with Crippen molar-refractivity contribution in [3.63, 3.8) is 0 Å². The third kappa shape index (κ3) is 3.12. The minimum atomic E-state index is -0.349. The Morgan fingerprint density at radius 1 is 0.963 bits per heavy atom. The van der Waals surface area contributed by atoms with Gasteiger partial charge in [-0.2, -0.15) is 0 Å². The quantitative estimate of drug-likeness (QED) is 0.375. The largest absolute Gasteiger partial charge is 0.491 e. The molecule has 3 aromatic carbocycles. The van der Waals surface area contributed by atoms with E-state index in [1.807, 2.05) is 48.5 Å². The Morgan fingerprint density at radius 2 is 1.67 bits per heavy atom. The average Bonchev–Trinajstić information content (AvgIpc) is 2.69. The lowest BCUT2D eigenvalue weighted by Gasteiger charge is -2.18. The van der Waals surface area contributed by atoms with Crippen LogP contribution in [0, 0.1) is 9.39 Å². The number of hydrogen-bond acceptors (Lipinski definition) is 2. The van der Waals surface area contributed by atoms with Crippen molar-refractivity contribution in [3.05, 3.63) is 92.5 Å². The van der Waals surface area contributed by atoms with Gasteiger partial charge in [0.25, 0.3) is 5.56 Å². The molecule has 4 aromatic rings. The van der Waals surface area contributed by atoms with E-state index < -0.39 is 0 Å². The van der Waals surface area contributed by atoms with E-state index >= 15 is 0 Å². The SMILES string of the molecule is COc1c(-c2ccccc2)c2cc(I)ccc2n(-c2ccc(F)cc2)c1=O. The molecule has 27 heavy (non-hydrogen) atoms. The fourth-order valence-electron chi connectivity index (χ4n) is 3.27. The first-order valence-corrected chi connectivity index (χ1v) is 9.41. The van der Waals surface area contributed by atoms with Crippen LogP contribution in [0.4, 0.5) is 4.39 Å². The average molecular weight is 471 g/mol. The summed E-state index contributed by atoms with van der Waals surface area (Å²) in [4.78, 5) is 13.3. The summed E-state index contributed by atoms with van der Waals surface area (Å²) in [5, 5.41) is 0.897. The van der Waals surface area contributed by atoms with Crippen molar-refractivity contribution in [1.29, 1.82) is 0 Å². The molecule has 0 unspecified atom stereocenters. The van der Waals surface area contributed by atoms with Crippen LogP contribution in [-0.4, -0.2) is 11.7 Å². The van der Waals surface area contributed by atoms with Gasteiger partial charge in [-0.05, 0) is 70.6 Å². The van der Waals surface area contributed by atoms with Gasteiger partial charge in [-0.25, -0.2) is 4.39 Å². The molecule has 1 heterocycles. The second-order valence-corrected chi connectivity index (χ2v) is 7.30. The third-order valence-electron chi connectivity index (χ3n) is 4.44. The van der Waals surface area contributed by atoms with Crippen LogP contribution in [0.5, 0.6) is 5.75 Å². The molecule has 0 bridgehead atoms. The highest BCUT2D eigenvalue weighted by molar-refractivity contribution is 14.1. The van der Waals surface area contributed by atoms with Gasteiger partial charge in [0.15, 0.2) is 5.75 Å². The summed E-state index contributed by atoms with van der Waals surface area (Å²) >= 11 is 2.25. The number of fused-ring (bicyclic) bond motifs is 1. The molecule has 0 saturated carbocycles. The number of rotatable bonds is 3. The Labute approximate surface area is 169 Å². The number of halogens is 2. The summed E-state index contributed by atoms with van der Waals surface area (Å²) in [5.74, 6) is -0.0847. The van der Waals surface area contributed by atoms with Crippen LogP contribution in [0.1, 0.15) is 0 Å². The second-order valence-electron chi connectivity index (χ2n) is 6.05. The minimum absolute atomic E-state index is 0.264. The molecule has 0 fully saturated rings. The summed E-state index contributed by atoms with van der Waals surface area (Å²) < 4.78 is 21.6. The maximum Gasteiger partial charge on any atom is 0.298 e. The summed E-state index contributed by atoms with van der Waals surface area (Å²) in [5.41, 5.74) is 2.72. The minimum Gasteiger partial charge on any atom is -0.491 e. The fourth-order valence-corrected chi connectivity index (χ4v) is 3.76. The van der Waals surface area contributed by atoms with Crippen LogP contribution in [0.25, 0.3) is 27.7 Å². The molecule has 0 N–H and O–H groups in total. The first-order valence-electron chi connectivity index (χ1n) is 8.34. The lowest BCUT2D eigenvalue weighted by molar-refractivity contribution is 0.409. The first kappa shape index (κ1) is 17.7. The van der Waals surface area contributed by atoms with E-state index in [4.69, 9.17) is 4.74 Å². The van der Waals surface area contributed by atoms with Gasteiger partial charge in [0.1, 0.15) is 5.82 Å². The van der Waals surface area contributed by atoms with Gasteiger partial charge in [0, 0.05) is 20.2 Å². The van der Waals surface area contributed by atoms with E-state index in [0.717, 1.165) is 25.6 Å². The topological polar surface area (TPSA) is 31.2 Å². The predicted molar refractivity (Wildman–Crippen MR) is 114 cm³/mol. The Morgan fingerprint density at radius 3 is 2.33 bits per heavy atom. The molecule has 0 saturated heterocycles. The Kier molecular flexibility index (Phi) is 4.70. The van der Waals surface area contributed by atoms with E-state index in [2.05, 4.69) is 22.6 Å². The Balaban J connectivity index is 2.18. The number of pyridine rings is 1. The normalized spacial score (nSPS) is 10.9. The molecule has 134 valence electrons. The maximum atomic E-state index is 13.4. The number of benzene rings is 3. The highest BCUT2D eigenvalue weighted by Gasteiger charge is 2.20. The summed E-state index contributed by atoms with van der Waals surface area (Å²) in [6.45, 7) is 0. The maximum absolute atomic E-state index is 13.4. The van der Waals surface area contributed by atoms with Crippen LogP contribution in [0.15, 0.2) is 77.6 Å². The van der Waals surface area contributed by atoms with Gasteiger partial charge in [-0.1, -0.05) is 30.3 Å². The zero-order valence-corrected chi connectivity index (χ0v) is 16.6. The number of methoxy groups -OCH3 is 1. The number of ether oxygens (including phenoxy) is 1. The van der Waals surface area contributed by atoms with E-state index in [9.17, 15) is 9.18 Å². The number of aromatic nitrogens is 1. The van der Waals surface area contributed by atoms with Crippen molar-refractivity contribution < 1.29 is 9.13 Å². The number of nitrogens with zero attached hydrogens (tertiary/aromatic N) is 1. The number of hydrogen-bond donors (Lipinski definition) is 0. The van der Waals surface area contributed by atoms with Gasteiger partial charge in [0.2, 0.25) is 0 Å². The summed E-state index contributed by atoms with van der Waals surface area (Å²) in [6.07, 6.45) is 0.